The average Bonchev–Trinajstić information content (AvgIpc) is 2.35. The van der Waals surface area contributed by atoms with E-state index in [2.05, 4.69) is 21.2 Å². The van der Waals surface area contributed by atoms with Gasteiger partial charge in [-0.3, -0.25) is 0 Å². The molecule has 0 aliphatic carbocycles. The van der Waals surface area contributed by atoms with E-state index in [0.717, 1.165) is 12.8 Å². The molecule has 118 valence electrons. The Balaban J connectivity index is 2.53. The number of carbonyl (C=O) groups is 1. The van der Waals surface area contributed by atoms with Crippen molar-refractivity contribution in [2.45, 2.75) is 45.6 Å². The van der Waals surface area contributed by atoms with Crippen LogP contribution in [0.25, 0.3) is 0 Å². The smallest absolute Gasteiger partial charge is 0.410 e. The number of piperidine rings is 1. The van der Waals surface area contributed by atoms with E-state index >= 15 is 0 Å². The van der Waals surface area contributed by atoms with E-state index in [4.69, 9.17) is 8.92 Å². The summed E-state index contributed by atoms with van der Waals surface area (Å²) >= 11 is 2.10. The van der Waals surface area contributed by atoms with Gasteiger partial charge in [-0.15, -0.1) is 0 Å². The number of aliphatic hydroxyl groups is 1. The van der Waals surface area contributed by atoms with E-state index in [-0.39, 0.29) is 18.1 Å². The third-order valence-corrected chi connectivity index (χ3v) is 4.50. The first-order chi connectivity index (χ1) is 9.32. The Morgan fingerprint density at radius 3 is 2.45 bits per heavy atom. The molecule has 1 heterocycles. The third kappa shape index (κ3) is 5.95. The monoisotopic (exact) mass is 417 g/mol. The molecular weight excluding hydrogens is 393 g/mol. The number of rotatable bonds is 5. The summed E-state index contributed by atoms with van der Waals surface area (Å²) in [5.74, 6) is 0. The van der Waals surface area contributed by atoms with Crippen molar-refractivity contribution in [3.05, 3.63) is 0 Å². The van der Waals surface area contributed by atoms with Crippen molar-refractivity contribution in [1.29, 1.82) is 0 Å². The Labute approximate surface area is 137 Å². The molecule has 5 nitrogen and oxygen atoms in total. The molecule has 0 unspecified atom stereocenters. The van der Waals surface area contributed by atoms with Crippen LogP contribution < -0.4 is 0 Å². The van der Waals surface area contributed by atoms with Gasteiger partial charge >= 0.3 is 6.09 Å². The van der Waals surface area contributed by atoms with Gasteiger partial charge < -0.3 is 18.9 Å². The number of ether oxygens (including phenoxy) is 1. The fourth-order valence-corrected chi connectivity index (χ4v) is 3.02. The van der Waals surface area contributed by atoms with Crippen molar-refractivity contribution in [3.8, 4) is 0 Å². The zero-order valence-corrected chi connectivity index (χ0v) is 15.3. The minimum absolute atomic E-state index is 0.0224. The molecule has 1 saturated heterocycles. The molecule has 0 aromatic carbocycles. The summed E-state index contributed by atoms with van der Waals surface area (Å²) in [5, 5.41) is 9.24. The Kier molecular flexibility index (Phi) is 7.37. The van der Waals surface area contributed by atoms with Crippen LogP contribution in [0.5, 0.6) is 0 Å². The molecule has 1 N–H and O–H groups in total. The van der Waals surface area contributed by atoms with Crippen LogP contribution in [0.3, 0.4) is 0 Å². The minimum Gasteiger partial charge on any atom is -0.444 e. The maximum atomic E-state index is 12.0. The van der Waals surface area contributed by atoms with Gasteiger partial charge in [0.2, 0.25) is 0 Å². The SMILES string of the molecule is CC(C)(C)OC(=O)N1CCC(CCO)(COSI)CC1. The van der Waals surface area contributed by atoms with E-state index in [9.17, 15) is 9.90 Å². The van der Waals surface area contributed by atoms with Gasteiger partial charge in [-0.25, -0.2) is 4.79 Å². The second kappa shape index (κ2) is 8.05. The highest BCUT2D eigenvalue weighted by Crippen LogP contribution is 2.37. The first kappa shape index (κ1) is 18.3. The molecule has 1 aliphatic rings. The molecule has 1 aliphatic heterocycles. The van der Waals surface area contributed by atoms with Crippen molar-refractivity contribution in [2.24, 2.45) is 5.41 Å². The molecular formula is C13H24INO4S. The highest BCUT2D eigenvalue weighted by atomic mass is 127. The Morgan fingerprint density at radius 1 is 1.40 bits per heavy atom. The summed E-state index contributed by atoms with van der Waals surface area (Å²) in [5.41, 5.74) is -0.483. The lowest BCUT2D eigenvalue weighted by Crippen LogP contribution is -2.46. The Hall–Kier alpha value is 0.270. The van der Waals surface area contributed by atoms with Gasteiger partial charge in [-0.1, -0.05) is 0 Å². The van der Waals surface area contributed by atoms with Gasteiger partial charge in [0.05, 0.1) is 15.8 Å². The van der Waals surface area contributed by atoms with Crippen molar-refractivity contribution >= 4 is 36.5 Å². The second-order valence-electron chi connectivity index (χ2n) is 6.27. The molecule has 0 aromatic rings. The van der Waals surface area contributed by atoms with Crippen LogP contribution in [0.15, 0.2) is 0 Å². The van der Waals surface area contributed by atoms with Crippen LogP contribution in [0.1, 0.15) is 40.0 Å². The Bertz CT molecular complexity index is 314. The molecule has 0 spiro atoms. The van der Waals surface area contributed by atoms with Crippen molar-refractivity contribution in [3.63, 3.8) is 0 Å². The maximum absolute atomic E-state index is 12.0. The fraction of sp³-hybridized carbons (Fsp3) is 0.923. The number of aliphatic hydroxyl groups excluding tert-OH is 1. The average molecular weight is 417 g/mol. The zero-order valence-electron chi connectivity index (χ0n) is 12.4. The predicted molar refractivity (Wildman–Crippen MR) is 88.7 cm³/mol. The molecule has 0 atom stereocenters. The van der Waals surface area contributed by atoms with Crippen molar-refractivity contribution < 1.29 is 18.8 Å². The molecule has 0 radical (unpaired) electrons. The summed E-state index contributed by atoms with van der Waals surface area (Å²) < 4.78 is 10.9. The van der Waals surface area contributed by atoms with Gasteiger partial charge in [0.15, 0.2) is 0 Å². The lowest BCUT2D eigenvalue weighted by atomic mass is 9.76. The van der Waals surface area contributed by atoms with Gasteiger partial charge in [-0.05, 0) is 40.0 Å². The van der Waals surface area contributed by atoms with Gasteiger partial charge in [-0.2, -0.15) is 0 Å². The van der Waals surface area contributed by atoms with E-state index in [1.165, 1.54) is 9.21 Å². The number of amides is 1. The summed E-state index contributed by atoms with van der Waals surface area (Å²) in [6.45, 7) is 7.70. The Morgan fingerprint density at radius 2 is 2.00 bits per heavy atom. The topological polar surface area (TPSA) is 59.0 Å². The molecule has 0 saturated carbocycles. The molecule has 1 amide bonds. The largest absolute Gasteiger partial charge is 0.444 e. The van der Waals surface area contributed by atoms with Crippen molar-refractivity contribution in [1.82, 2.24) is 4.90 Å². The van der Waals surface area contributed by atoms with Gasteiger partial charge in [0.1, 0.15) is 5.60 Å². The molecule has 0 aromatic heterocycles. The van der Waals surface area contributed by atoms with Crippen molar-refractivity contribution in [2.75, 3.05) is 26.3 Å². The van der Waals surface area contributed by atoms with Gasteiger partial charge in [0, 0.05) is 46.3 Å². The van der Waals surface area contributed by atoms with Crippen LogP contribution in [0.4, 0.5) is 4.79 Å². The number of hydrogen-bond donors (Lipinski definition) is 1. The van der Waals surface area contributed by atoms with Gasteiger partial charge in [0.25, 0.3) is 0 Å². The van der Waals surface area contributed by atoms with Crippen LogP contribution in [0, 0.1) is 5.41 Å². The first-order valence-corrected chi connectivity index (χ1v) is 10.1. The van der Waals surface area contributed by atoms with Crippen LogP contribution in [0.2, 0.25) is 0 Å². The first-order valence-electron chi connectivity index (χ1n) is 6.81. The molecule has 1 fully saturated rings. The summed E-state index contributed by atoms with van der Waals surface area (Å²) in [7, 11) is 1.32. The molecule has 0 bridgehead atoms. The number of likely N-dealkylation sites (tertiary alicyclic amines) is 1. The predicted octanol–water partition coefficient (Wildman–Crippen LogP) is 3.40. The standard InChI is InChI=1S/C13H24INO4S/c1-12(2,3)19-11(17)15-7-4-13(5-8-15,6-9-16)10-18-20-14/h16H,4-10H2,1-3H3. The highest BCUT2D eigenvalue weighted by molar-refractivity contribution is 14.2. The normalized spacial score (nSPS) is 18.9. The number of hydrogen-bond acceptors (Lipinski definition) is 5. The van der Waals surface area contributed by atoms with E-state index in [0.29, 0.717) is 26.1 Å². The number of carbonyl (C=O) groups excluding carboxylic acids is 1. The molecule has 7 heteroatoms. The third-order valence-electron chi connectivity index (χ3n) is 3.53. The summed E-state index contributed by atoms with van der Waals surface area (Å²) in [6.07, 6.45) is 2.14. The van der Waals surface area contributed by atoms with E-state index in [1.807, 2.05) is 20.8 Å². The number of halogens is 1. The molecule has 20 heavy (non-hydrogen) atoms. The highest BCUT2D eigenvalue weighted by Gasteiger charge is 2.37. The van der Waals surface area contributed by atoms with E-state index in [1.54, 1.807) is 4.90 Å². The van der Waals surface area contributed by atoms with Crippen LogP contribution in [-0.4, -0.2) is 48.0 Å². The molecule has 1 rings (SSSR count). The van der Waals surface area contributed by atoms with Crippen LogP contribution >= 0.6 is 30.4 Å². The lowest BCUT2D eigenvalue weighted by molar-refractivity contribution is -0.00108. The van der Waals surface area contributed by atoms with Crippen LogP contribution in [-0.2, 0) is 8.92 Å². The fourth-order valence-electron chi connectivity index (χ4n) is 2.34. The number of nitrogens with zero attached hydrogens (tertiary/aromatic N) is 1. The quantitative estimate of drug-likeness (QED) is 0.549. The lowest BCUT2D eigenvalue weighted by Gasteiger charge is -2.41. The minimum atomic E-state index is -0.461. The van der Waals surface area contributed by atoms with E-state index < -0.39 is 5.60 Å². The summed E-state index contributed by atoms with van der Waals surface area (Å²) in [4.78, 5) is 13.8. The maximum Gasteiger partial charge on any atom is 0.410 e. The summed E-state index contributed by atoms with van der Waals surface area (Å²) in [6, 6.07) is 0. The zero-order chi connectivity index (χ0) is 15.2. The second-order valence-corrected chi connectivity index (χ2v) is 7.71.